The third-order valence-corrected chi connectivity index (χ3v) is 7.07. The standard InChI is InChI=1S/C21H24N2O6S/c1-27-18-3-2-4-19(14-18)30(25,26)23-9-12-29-20-6-5-16(13-17(20)15-23)21(24)22-7-10-28-11-8-22/h2-6,13-14H,7-12,15H2,1H3. The fourth-order valence-corrected chi connectivity index (χ4v) is 5.01. The molecule has 2 aromatic rings. The number of carbonyl (C=O) groups is 1. The van der Waals surface area contributed by atoms with Crippen LogP contribution in [0, 0.1) is 0 Å². The zero-order valence-electron chi connectivity index (χ0n) is 16.7. The number of ether oxygens (including phenoxy) is 3. The second-order valence-corrected chi connectivity index (χ2v) is 9.03. The van der Waals surface area contributed by atoms with Crippen LogP contribution in [0.2, 0.25) is 0 Å². The minimum absolute atomic E-state index is 0.0902. The second-order valence-electron chi connectivity index (χ2n) is 7.09. The van der Waals surface area contributed by atoms with Crippen LogP contribution < -0.4 is 9.47 Å². The van der Waals surface area contributed by atoms with Gasteiger partial charge in [0, 0.05) is 43.4 Å². The summed E-state index contributed by atoms with van der Waals surface area (Å²) in [6, 6.07) is 11.6. The molecule has 0 aromatic heterocycles. The number of benzene rings is 2. The van der Waals surface area contributed by atoms with E-state index < -0.39 is 10.0 Å². The van der Waals surface area contributed by atoms with Crippen molar-refractivity contribution < 1.29 is 27.4 Å². The van der Waals surface area contributed by atoms with E-state index in [4.69, 9.17) is 14.2 Å². The molecule has 0 bridgehead atoms. The summed E-state index contributed by atoms with van der Waals surface area (Å²) in [5.74, 6) is 0.977. The average molecular weight is 432 g/mol. The maximum absolute atomic E-state index is 13.2. The number of rotatable bonds is 4. The Hall–Kier alpha value is -2.62. The summed E-state index contributed by atoms with van der Waals surface area (Å²) in [6.07, 6.45) is 0. The Bertz CT molecular complexity index is 1030. The van der Waals surface area contributed by atoms with Crippen LogP contribution in [0.3, 0.4) is 0 Å². The van der Waals surface area contributed by atoms with Crippen molar-refractivity contribution in [2.45, 2.75) is 11.4 Å². The Morgan fingerprint density at radius 3 is 2.60 bits per heavy atom. The van der Waals surface area contributed by atoms with Gasteiger partial charge in [0.05, 0.1) is 25.2 Å². The van der Waals surface area contributed by atoms with Crippen LogP contribution in [-0.4, -0.2) is 70.1 Å². The molecule has 0 N–H and O–H groups in total. The van der Waals surface area contributed by atoms with Crippen LogP contribution in [0.1, 0.15) is 15.9 Å². The lowest BCUT2D eigenvalue weighted by Gasteiger charge is -2.27. The molecule has 2 aliphatic heterocycles. The number of morpholine rings is 1. The SMILES string of the molecule is COc1cccc(S(=O)(=O)N2CCOc3ccc(C(=O)N4CCOCC4)cc3C2)c1. The summed E-state index contributed by atoms with van der Waals surface area (Å²) in [5, 5.41) is 0. The molecule has 2 heterocycles. The number of methoxy groups -OCH3 is 1. The minimum Gasteiger partial charge on any atom is -0.497 e. The first kappa shape index (κ1) is 20.6. The van der Waals surface area contributed by atoms with Crippen LogP contribution in [-0.2, 0) is 21.3 Å². The molecule has 9 heteroatoms. The predicted octanol–water partition coefficient (Wildman–Crippen LogP) is 1.75. The monoisotopic (exact) mass is 432 g/mol. The molecular formula is C21H24N2O6S. The summed E-state index contributed by atoms with van der Waals surface area (Å²) in [7, 11) is -2.26. The number of amides is 1. The summed E-state index contributed by atoms with van der Waals surface area (Å²) >= 11 is 0. The Balaban J connectivity index is 1.61. The molecule has 2 aliphatic rings. The van der Waals surface area contributed by atoms with E-state index in [1.54, 1.807) is 41.3 Å². The fourth-order valence-electron chi connectivity index (χ4n) is 3.57. The first-order chi connectivity index (χ1) is 14.5. The zero-order valence-corrected chi connectivity index (χ0v) is 17.6. The van der Waals surface area contributed by atoms with Gasteiger partial charge in [-0.1, -0.05) is 6.07 Å². The molecule has 160 valence electrons. The van der Waals surface area contributed by atoms with Crippen LogP contribution in [0.25, 0.3) is 0 Å². The molecule has 2 aromatic carbocycles. The van der Waals surface area contributed by atoms with Crippen LogP contribution in [0.15, 0.2) is 47.4 Å². The Labute approximate surface area is 176 Å². The maximum Gasteiger partial charge on any atom is 0.254 e. The first-order valence-electron chi connectivity index (χ1n) is 9.76. The third-order valence-electron chi connectivity index (χ3n) is 5.23. The maximum atomic E-state index is 13.2. The molecule has 0 aliphatic carbocycles. The van der Waals surface area contributed by atoms with Gasteiger partial charge in [-0.3, -0.25) is 4.79 Å². The van der Waals surface area contributed by atoms with Crippen molar-refractivity contribution in [3.63, 3.8) is 0 Å². The number of sulfonamides is 1. The molecule has 1 fully saturated rings. The van der Waals surface area contributed by atoms with E-state index in [0.29, 0.717) is 48.9 Å². The number of carbonyl (C=O) groups excluding carboxylic acids is 1. The van der Waals surface area contributed by atoms with Crippen molar-refractivity contribution in [1.82, 2.24) is 9.21 Å². The minimum atomic E-state index is -3.75. The van der Waals surface area contributed by atoms with Crippen molar-refractivity contribution in [3.8, 4) is 11.5 Å². The average Bonchev–Trinajstić information content (AvgIpc) is 3.01. The van der Waals surface area contributed by atoms with E-state index in [1.807, 2.05) is 0 Å². The fraction of sp³-hybridized carbons (Fsp3) is 0.381. The molecule has 1 amide bonds. The molecule has 30 heavy (non-hydrogen) atoms. The van der Waals surface area contributed by atoms with Gasteiger partial charge in [0.1, 0.15) is 18.1 Å². The molecule has 0 unspecified atom stereocenters. The van der Waals surface area contributed by atoms with Gasteiger partial charge in [0.25, 0.3) is 5.91 Å². The van der Waals surface area contributed by atoms with Crippen molar-refractivity contribution in [2.75, 3.05) is 46.6 Å². The molecule has 8 nitrogen and oxygen atoms in total. The number of fused-ring (bicyclic) bond motifs is 1. The van der Waals surface area contributed by atoms with Gasteiger partial charge in [-0.2, -0.15) is 4.31 Å². The molecule has 0 radical (unpaired) electrons. The molecule has 1 saturated heterocycles. The number of hydrogen-bond acceptors (Lipinski definition) is 6. The lowest BCUT2D eigenvalue weighted by Crippen LogP contribution is -2.40. The van der Waals surface area contributed by atoms with E-state index in [-0.39, 0.29) is 30.5 Å². The van der Waals surface area contributed by atoms with E-state index in [1.165, 1.54) is 17.5 Å². The highest BCUT2D eigenvalue weighted by Gasteiger charge is 2.29. The lowest BCUT2D eigenvalue weighted by molar-refractivity contribution is 0.0303. The van der Waals surface area contributed by atoms with Gasteiger partial charge >= 0.3 is 0 Å². The highest BCUT2D eigenvalue weighted by Crippen LogP contribution is 2.29. The Morgan fingerprint density at radius 1 is 1.03 bits per heavy atom. The van der Waals surface area contributed by atoms with Gasteiger partial charge in [-0.25, -0.2) is 8.42 Å². The number of hydrogen-bond donors (Lipinski definition) is 0. The summed E-state index contributed by atoms with van der Waals surface area (Å²) in [6.45, 7) is 2.69. The van der Waals surface area contributed by atoms with Crippen molar-refractivity contribution in [1.29, 1.82) is 0 Å². The van der Waals surface area contributed by atoms with E-state index in [0.717, 1.165) is 0 Å². The smallest absolute Gasteiger partial charge is 0.254 e. The van der Waals surface area contributed by atoms with E-state index in [9.17, 15) is 13.2 Å². The Kier molecular flexibility index (Phi) is 5.94. The third kappa shape index (κ3) is 4.14. The quantitative estimate of drug-likeness (QED) is 0.732. The molecule has 0 spiro atoms. The van der Waals surface area contributed by atoms with Gasteiger partial charge in [0.15, 0.2) is 0 Å². The zero-order chi connectivity index (χ0) is 21.1. The van der Waals surface area contributed by atoms with E-state index in [2.05, 4.69) is 0 Å². The molecule has 0 atom stereocenters. The predicted molar refractivity (Wildman–Crippen MR) is 109 cm³/mol. The largest absolute Gasteiger partial charge is 0.497 e. The van der Waals surface area contributed by atoms with Gasteiger partial charge in [0.2, 0.25) is 10.0 Å². The summed E-state index contributed by atoms with van der Waals surface area (Å²) in [4.78, 5) is 14.7. The van der Waals surface area contributed by atoms with Gasteiger partial charge in [-0.15, -0.1) is 0 Å². The summed E-state index contributed by atoms with van der Waals surface area (Å²) in [5.41, 5.74) is 1.18. The van der Waals surface area contributed by atoms with Crippen LogP contribution in [0.5, 0.6) is 11.5 Å². The second kappa shape index (κ2) is 8.63. The Morgan fingerprint density at radius 2 is 1.83 bits per heavy atom. The molecule has 4 rings (SSSR count). The molecular weight excluding hydrogens is 408 g/mol. The lowest BCUT2D eigenvalue weighted by atomic mass is 10.1. The molecule has 0 saturated carbocycles. The van der Waals surface area contributed by atoms with Crippen LogP contribution in [0.4, 0.5) is 0 Å². The number of nitrogens with zero attached hydrogens (tertiary/aromatic N) is 2. The normalized spacial score (nSPS) is 17.6. The van der Waals surface area contributed by atoms with Crippen molar-refractivity contribution in [2.24, 2.45) is 0 Å². The van der Waals surface area contributed by atoms with Gasteiger partial charge < -0.3 is 19.1 Å². The van der Waals surface area contributed by atoms with Crippen LogP contribution >= 0.6 is 0 Å². The van der Waals surface area contributed by atoms with Crippen molar-refractivity contribution >= 4 is 15.9 Å². The highest BCUT2D eigenvalue weighted by molar-refractivity contribution is 7.89. The summed E-state index contributed by atoms with van der Waals surface area (Å²) < 4.78 is 44.0. The first-order valence-corrected chi connectivity index (χ1v) is 11.2. The highest BCUT2D eigenvalue weighted by atomic mass is 32.2. The van der Waals surface area contributed by atoms with Crippen molar-refractivity contribution in [3.05, 3.63) is 53.6 Å². The van der Waals surface area contributed by atoms with Gasteiger partial charge in [-0.05, 0) is 30.3 Å². The topological polar surface area (TPSA) is 85.4 Å². The van der Waals surface area contributed by atoms with E-state index >= 15 is 0 Å².